The van der Waals surface area contributed by atoms with Gasteiger partial charge in [0, 0.05) is 19.6 Å². The van der Waals surface area contributed by atoms with Gasteiger partial charge in [-0.2, -0.15) is 0 Å². The Kier molecular flexibility index (Phi) is 8.21. The number of piperidine rings is 1. The summed E-state index contributed by atoms with van der Waals surface area (Å²) in [5.74, 6) is 2.04. The van der Waals surface area contributed by atoms with Crippen molar-refractivity contribution < 1.29 is 12.8 Å². The van der Waals surface area contributed by atoms with Crippen LogP contribution in [0.15, 0.2) is 27.8 Å². The van der Waals surface area contributed by atoms with Crippen LogP contribution in [0.2, 0.25) is 0 Å². The first kappa shape index (κ1) is 21.5. The fourth-order valence-electron chi connectivity index (χ4n) is 3.61. The zero-order valence-electron chi connectivity index (χ0n) is 15.2. The number of halogens is 1. The van der Waals surface area contributed by atoms with Crippen molar-refractivity contribution in [2.24, 2.45) is 4.99 Å². The van der Waals surface area contributed by atoms with Gasteiger partial charge in [0.15, 0.2) is 15.8 Å². The van der Waals surface area contributed by atoms with Crippen LogP contribution >= 0.6 is 24.0 Å². The van der Waals surface area contributed by atoms with E-state index in [0.29, 0.717) is 18.9 Å². The van der Waals surface area contributed by atoms with Crippen molar-refractivity contribution in [1.29, 1.82) is 0 Å². The smallest absolute Gasteiger partial charge is 0.191 e. The molecule has 26 heavy (non-hydrogen) atoms. The Morgan fingerprint density at radius 3 is 2.73 bits per heavy atom. The van der Waals surface area contributed by atoms with Gasteiger partial charge in [-0.3, -0.25) is 9.89 Å². The predicted octanol–water partition coefficient (Wildman–Crippen LogP) is 1.78. The summed E-state index contributed by atoms with van der Waals surface area (Å²) in [5.41, 5.74) is 0. The third-order valence-electron chi connectivity index (χ3n) is 4.96. The minimum Gasteiger partial charge on any atom is -0.468 e. The van der Waals surface area contributed by atoms with Gasteiger partial charge in [-0.25, -0.2) is 8.42 Å². The molecule has 3 rings (SSSR count). The summed E-state index contributed by atoms with van der Waals surface area (Å²) in [6.07, 6.45) is 6.06. The number of hydrogen-bond acceptors (Lipinski definition) is 5. The lowest BCUT2D eigenvalue weighted by molar-refractivity contribution is 0.146. The Morgan fingerprint density at radius 2 is 2.15 bits per heavy atom. The molecule has 2 unspecified atom stereocenters. The summed E-state index contributed by atoms with van der Waals surface area (Å²) in [5, 5.41) is 6.59. The van der Waals surface area contributed by atoms with Crippen LogP contribution in [-0.2, 0) is 9.84 Å². The molecule has 2 fully saturated rings. The van der Waals surface area contributed by atoms with Gasteiger partial charge in [-0.15, -0.1) is 24.0 Å². The second kappa shape index (κ2) is 9.93. The first-order valence-electron chi connectivity index (χ1n) is 9.02. The highest BCUT2D eigenvalue weighted by atomic mass is 127. The van der Waals surface area contributed by atoms with Crippen molar-refractivity contribution in [3.63, 3.8) is 0 Å². The Balaban J connectivity index is 0.00000243. The van der Waals surface area contributed by atoms with E-state index in [1.807, 2.05) is 12.1 Å². The number of hydrogen-bond donors (Lipinski definition) is 2. The monoisotopic (exact) mass is 496 g/mol. The number of nitrogens with one attached hydrogen (secondary N) is 2. The lowest BCUT2D eigenvalue weighted by atomic mass is 10.1. The third kappa shape index (κ3) is 5.85. The average Bonchev–Trinajstić information content (AvgIpc) is 3.25. The summed E-state index contributed by atoms with van der Waals surface area (Å²) in [7, 11) is -1.19. The number of rotatable bonds is 5. The van der Waals surface area contributed by atoms with Gasteiger partial charge in [0.2, 0.25) is 0 Å². The van der Waals surface area contributed by atoms with Crippen LogP contribution in [0.3, 0.4) is 0 Å². The van der Waals surface area contributed by atoms with Crippen LogP contribution in [0.5, 0.6) is 0 Å². The predicted molar refractivity (Wildman–Crippen MR) is 114 cm³/mol. The Labute approximate surface area is 172 Å². The van der Waals surface area contributed by atoms with E-state index in [2.05, 4.69) is 20.5 Å². The largest absolute Gasteiger partial charge is 0.468 e. The molecule has 0 bridgehead atoms. The highest BCUT2D eigenvalue weighted by Gasteiger charge is 2.29. The molecule has 2 aliphatic heterocycles. The zero-order chi connectivity index (χ0) is 17.7. The SMILES string of the molecule is CN=C(NCC(c1ccco1)N1CCCCC1)NC1CCS(=O)(=O)C1.I. The van der Waals surface area contributed by atoms with Crippen LogP contribution in [0.25, 0.3) is 0 Å². The summed E-state index contributed by atoms with van der Waals surface area (Å²) in [4.78, 5) is 6.70. The fourth-order valence-corrected chi connectivity index (χ4v) is 5.28. The van der Waals surface area contributed by atoms with Crippen LogP contribution in [0, 0.1) is 0 Å². The van der Waals surface area contributed by atoms with Crippen molar-refractivity contribution in [2.45, 2.75) is 37.8 Å². The highest BCUT2D eigenvalue weighted by molar-refractivity contribution is 14.0. The summed E-state index contributed by atoms with van der Waals surface area (Å²) < 4.78 is 28.9. The molecule has 9 heteroatoms. The Hall–Kier alpha value is -0.810. The quantitative estimate of drug-likeness (QED) is 0.367. The lowest BCUT2D eigenvalue weighted by Gasteiger charge is -2.33. The molecule has 3 heterocycles. The average molecular weight is 496 g/mol. The van der Waals surface area contributed by atoms with E-state index in [-0.39, 0.29) is 47.6 Å². The Morgan fingerprint density at radius 1 is 1.38 bits per heavy atom. The number of aliphatic imine (C=N–C) groups is 1. The molecule has 0 radical (unpaired) electrons. The van der Waals surface area contributed by atoms with Crippen molar-refractivity contribution in [3.8, 4) is 0 Å². The van der Waals surface area contributed by atoms with Gasteiger partial charge >= 0.3 is 0 Å². The molecule has 0 aromatic carbocycles. The molecule has 2 aliphatic rings. The third-order valence-corrected chi connectivity index (χ3v) is 6.73. The maximum absolute atomic E-state index is 11.6. The van der Waals surface area contributed by atoms with E-state index in [0.717, 1.165) is 18.8 Å². The number of furan rings is 1. The summed E-state index contributed by atoms with van der Waals surface area (Å²) in [6, 6.07) is 4.03. The van der Waals surface area contributed by atoms with Crippen molar-refractivity contribution in [1.82, 2.24) is 15.5 Å². The van der Waals surface area contributed by atoms with Gasteiger partial charge in [0.25, 0.3) is 0 Å². The molecule has 7 nitrogen and oxygen atoms in total. The molecule has 2 saturated heterocycles. The maximum Gasteiger partial charge on any atom is 0.191 e. The lowest BCUT2D eigenvalue weighted by Crippen LogP contribution is -2.47. The Bertz CT molecular complexity index is 672. The van der Waals surface area contributed by atoms with Crippen molar-refractivity contribution >= 4 is 39.8 Å². The van der Waals surface area contributed by atoms with Crippen LogP contribution in [0.4, 0.5) is 0 Å². The van der Waals surface area contributed by atoms with Crippen molar-refractivity contribution in [3.05, 3.63) is 24.2 Å². The van der Waals surface area contributed by atoms with Gasteiger partial charge in [-0.1, -0.05) is 6.42 Å². The van der Waals surface area contributed by atoms with E-state index in [9.17, 15) is 8.42 Å². The van der Waals surface area contributed by atoms with Crippen LogP contribution in [-0.4, -0.2) is 63.5 Å². The minimum atomic E-state index is -2.90. The van der Waals surface area contributed by atoms with Gasteiger partial charge < -0.3 is 15.1 Å². The highest BCUT2D eigenvalue weighted by Crippen LogP contribution is 2.24. The first-order valence-corrected chi connectivity index (χ1v) is 10.8. The molecule has 0 spiro atoms. The van der Waals surface area contributed by atoms with Gasteiger partial charge in [0.05, 0.1) is 23.8 Å². The number of nitrogens with zero attached hydrogens (tertiary/aromatic N) is 2. The molecule has 2 atom stereocenters. The zero-order valence-corrected chi connectivity index (χ0v) is 18.3. The molecule has 2 N–H and O–H groups in total. The van der Waals surface area contributed by atoms with Gasteiger partial charge in [0.1, 0.15) is 5.76 Å². The normalized spacial score (nSPS) is 24.7. The first-order chi connectivity index (χ1) is 12.1. The van der Waals surface area contributed by atoms with Crippen molar-refractivity contribution in [2.75, 3.05) is 38.2 Å². The van der Waals surface area contributed by atoms with E-state index in [4.69, 9.17) is 4.42 Å². The topological polar surface area (TPSA) is 86.9 Å². The van der Waals surface area contributed by atoms with E-state index >= 15 is 0 Å². The molecular formula is C17H29IN4O3S. The molecular weight excluding hydrogens is 467 g/mol. The van der Waals surface area contributed by atoms with E-state index in [1.54, 1.807) is 13.3 Å². The standard InChI is InChI=1S/C17H28N4O3S.HI/c1-18-17(20-14-7-11-25(22,23)13-14)19-12-15(16-6-5-10-24-16)21-8-3-2-4-9-21;/h5-6,10,14-15H,2-4,7-9,11-13H2,1H3,(H2,18,19,20);1H. The number of sulfone groups is 1. The molecule has 1 aromatic rings. The number of likely N-dealkylation sites (tertiary alicyclic amines) is 1. The van der Waals surface area contributed by atoms with E-state index in [1.165, 1.54) is 19.3 Å². The molecule has 0 amide bonds. The molecule has 0 aliphatic carbocycles. The second-order valence-electron chi connectivity index (χ2n) is 6.83. The van der Waals surface area contributed by atoms with Gasteiger partial charge in [-0.05, 0) is 44.5 Å². The number of guanidine groups is 1. The summed E-state index contributed by atoms with van der Waals surface area (Å²) >= 11 is 0. The maximum atomic E-state index is 11.6. The molecule has 148 valence electrons. The summed E-state index contributed by atoms with van der Waals surface area (Å²) in [6.45, 7) is 2.81. The van der Waals surface area contributed by atoms with E-state index < -0.39 is 9.84 Å². The molecule has 0 saturated carbocycles. The van der Waals surface area contributed by atoms with Crippen LogP contribution in [0.1, 0.15) is 37.5 Å². The fraction of sp³-hybridized carbons (Fsp3) is 0.706. The second-order valence-corrected chi connectivity index (χ2v) is 9.05. The molecule has 1 aromatic heterocycles. The minimum absolute atomic E-state index is 0. The van der Waals surface area contributed by atoms with Crippen LogP contribution < -0.4 is 10.6 Å².